The van der Waals surface area contributed by atoms with Gasteiger partial charge in [-0.2, -0.15) is 0 Å². The Morgan fingerprint density at radius 3 is 2.23 bits per heavy atom. The molecule has 2 aromatic rings. The monoisotopic (exact) mass is 397 g/mol. The Balaban J connectivity index is 2.76. The van der Waals surface area contributed by atoms with Crippen molar-refractivity contribution in [3.63, 3.8) is 0 Å². The van der Waals surface area contributed by atoms with Crippen molar-refractivity contribution in [1.29, 1.82) is 5.41 Å². The molecule has 3 heteroatoms. The Labute approximate surface area is 180 Å². The number of nitrogens with one attached hydrogen (secondary N) is 1. The van der Waals surface area contributed by atoms with Gasteiger partial charge >= 0.3 is 0 Å². The van der Waals surface area contributed by atoms with Crippen LogP contribution in [0.2, 0.25) is 0 Å². The molecule has 0 amide bonds. The standard InChI is InChI=1S/C27H31N3/c1-8-20(22(10-3)16-28)15-26-18(5)19(6)27(30(26)7)25-13-12-24(14-21(25)9-2)23(11-4)17-29/h8-17,29H,1-3,28H2,4-7H3/b20-15+,22-16+,23-11+,29-17?. The fraction of sp³-hybridized carbons (Fsp3) is 0.148. The molecule has 1 aromatic carbocycles. The van der Waals surface area contributed by atoms with Crippen LogP contribution in [0.15, 0.2) is 73.5 Å². The van der Waals surface area contributed by atoms with Crippen LogP contribution in [-0.4, -0.2) is 10.8 Å². The molecule has 0 aliphatic carbocycles. The average Bonchev–Trinajstić information content (AvgIpc) is 2.97. The number of nitrogens with zero attached hydrogens (tertiary/aromatic N) is 1. The number of allylic oxidation sites excluding steroid dienone is 6. The number of aromatic nitrogens is 1. The lowest BCUT2D eigenvalue weighted by Crippen LogP contribution is -1.99. The topological polar surface area (TPSA) is 54.8 Å². The largest absolute Gasteiger partial charge is 0.404 e. The van der Waals surface area contributed by atoms with Crippen molar-refractivity contribution in [3.8, 4) is 11.3 Å². The molecular weight excluding hydrogens is 366 g/mol. The second kappa shape index (κ2) is 9.75. The van der Waals surface area contributed by atoms with Crippen molar-refractivity contribution in [2.75, 3.05) is 0 Å². The third kappa shape index (κ3) is 4.06. The highest BCUT2D eigenvalue weighted by Gasteiger charge is 2.18. The van der Waals surface area contributed by atoms with E-state index in [0.29, 0.717) is 0 Å². The van der Waals surface area contributed by atoms with E-state index in [0.717, 1.165) is 44.8 Å². The summed E-state index contributed by atoms with van der Waals surface area (Å²) >= 11 is 0. The molecule has 0 aliphatic rings. The van der Waals surface area contributed by atoms with E-state index in [1.165, 1.54) is 17.3 Å². The van der Waals surface area contributed by atoms with Crippen molar-refractivity contribution >= 4 is 23.9 Å². The van der Waals surface area contributed by atoms with Crippen LogP contribution in [0.4, 0.5) is 0 Å². The van der Waals surface area contributed by atoms with Crippen molar-refractivity contribution < 1.29 is 0 Å². The summed E-state index contributed by atoms with van der Waals surface area (Å²) in [6, 6.07) is 6.25. The molecule has 0 radical (unpaired) electrons. The number of benzene rings is 1. The minimum atomic E-state index is 0.839. The molecule has 154 valence electrons. The molecule has 1 heterocycles. The third-order valence-electron chi connectivity index (χ3n) is 5.57. The first-order valence-corrected chi connectivity index (χ1v) is 9.87. The highest BCUT2D eigenvalue weighted by Crippen LogP contribution is 2.35. The van der Waals surface area contributed by atoms with E-state index in [1.54, 1.807) is 18.4 Å². The second-order valence-electron chi connectivity index (χ2n) is 7.07. The van der Waals surface area contributed by atoms with E-state index in [4.69, 9.17) is 11.1 Å². The highest BCUT2D eigenvalue weighted by atomic mass is 15.0. The molecule has 0 saturated carbocycles. The summed E-state index contributed by atoms with van der Waals surface area (Å²) in [4.78, 5) is 0. The molecular formula is C27H31N3. The van der Waals surface area contributed by atoms with E-state index in [2.05, 4.69) is 69.5 Å². The maximum absolute atomic E-state index is 7.63. The molecule has 0 saturated heterocycles. The van der Waals surface area contributed by atoms with Crippen molar-refractivity contribution in [3.05, 3.63) is 101 Å². The summed E-state index contributed by atoms with van der Waals surface area (Å²) in [5.41, 5.74) is 16.2. The predicted octanol–water partition coefficient (Wildman–Crippen LogP) is 6.60. The average molecular weight is 398 g/mol. The van der Waals surface area contributed by atoms with Gasteiger partial charge in [0.15, 0.2) is 0 Å². The Morgan fingerprint density at radius 2 is 1.73 bits per heavy atom. The zero-order chi connectivity index (χ0) is 22.4. The maximum Gasteiger partial charge on any atom is 0.0520 e. The molecule has 30 heavy (non-hydrogen) atoms. The summed E-state index contributed by atoms with van der Waals surface area (Å²) in [7, 11) is 2.07. The van der Waals surface area contributed by atoms with E-state index < -0.39 is 0 Å². The molecule has 3 nitrogen and oxygen atoms in total. The van der Waals surface area contributed by atoms with Gasteiger partial charge in [-0.1, -0.05) is 56.2 Å². The summed E-state index contributed by atoms with van der Waals surface area (Å²) in [6.07, 6.45) is 12.3. The van der Waals surface area contributed by atoms with Crippen LogP contribution in [0.25, 0.3) is 29.0 Å². The lowest BCUT2D eigenvalue weighted by Gasteiger charge is -2.13. The minimum Gasteiger partial charge on any atom is -0.404 e. The number of hydrogen-bond donors (Lipinski definition) is 2. The number of nitrogens with two attached hydrogens (primary N) is 1. The summed E-state index contributed by atoms with van der Waals surface area (Å²) in [5.74, 6) is 0. The Bertz CT molecular complexity index is 1100. The summed E-state index contributed by atoms with van der Waals surface area (Å²) < 4.78 is 2.20. The van der Waals surface area contributed by atoms with E-state index in [9.17, 15) is 0 Å². The van der Waals surface area contributed by atoms with Gasteiger partial charge in [0.05, 0.1) is 5.69 Å². The molecule has 0 spiro atoms. The third-order valence-corrected chi connectivity index (χ3v) is 5.57. The Kier molecular flexibility index (Phi) is 7.38. The fourth-order valence-corrected chi connectivity index (χ4v) is 3.73. The van der Waals surface area contributed by atoms with Gasteiger partial charge < -0.3 is 15.7 Å². The van der Waals surface area contributed by atoms with E-state index in [1.807, 2.05) is 19.1 Å². The first-order chi connectivity index (χ1) is 14.4. The maximum atomic E-state index is 7.63. The van der Waals surface area contributed by atoms with E-state index in [-0.39, 0.29) is 0 Å². The van der Waals surface area contributed by atoms with Gasteiger partial charge in [0.2, 0.25) is 0 Å². The van der Waals surface area contributed by atoms with Crippen LogP contribution in [-0.2, 0) is 7.05 Å². The van der Waals surface area contributed by atoms with Gasteiger partial charge in [0.1, 0.15) is 0 Å². The van der Waals surface area contributed by atoms with Gasteiger partial charge in [0, 0.05) is 30.7 Å². The number of hydrogen-bond acceptors (Lipinski definition) is 2. The van der Waals surface area contributed by atoms with E-state index >= 15 is 0 Å². The van der Waals surface area contributed by atoms with Crippen molar-refractivity contribution in [1.82, 2.24) is 4.57 Å². The molecule has 0 fully saturated rings. The van der Waals surface area contributed by atoms with Crippen molar-refractivity contribution in [2.24, 2.45) is 12.8 Å². The lowest BCUT2D eigenvalue weighted by molar-refractivity contribution is 0.917. The van der Waals surface area contributed by atoms with Crippen LogP contribution >= 0.6 is 0 Å². The quantitative estimate of drug-likeness (QED) is 0.382. The van der Waals surface area contributed by atoms with Crippen LogP contribution in [0.5, 0.6) is 0 Å². The molecule has 1 aromatic heterocycles. The smallest absolute Gasteiger partial charge is 0.0520 e. The normalized spacial score (nSPS) is 12.6. The van der Waals surface area contributed by atoms with Crippen LogP contribution in [0, 0.1) is 19.3 Å². The van der Waals surface area contributed by atoms with Gasteiger partial charge in [-0.05, 0) is 71.9 Å². The van der Waals surface area contributed by atoms with Crippen LogP contribution in [0.1, 0.15) is 34.9 Å². The molecule has 3 N–H and O–H groups in total. The first kappa shape index (κ1) is 22.7. The van der Waals surface area contributed by atoms with Gasteiger partial charge in [-0.25, -0.2) is 0 Å². The van der Waals surface area contributed by atoms with Crippen LogP contribution < -0.4 is 5.73 Å². The van der Waals surface area contributed by atoms with Gasteiger partial charge in [-0.15, -0.1) is 0 Å². The van der Waals surface area contributed by atoms with Gasteiger partial charge in [-0.3, -0.25) is 0 Å². The zero-order valence-corrected chi connectivity index (χ0v) is 18.4. The summed E-state index contributed by atoms with van der Waals surface area (Å²) in [5, 5.41) is 7.63. The molecule has 0 unspecified atom stereocenters. The SMILES string of the molecule is C=CC(=C\N)/C(C=C)=C/c1c(C)c(C)c(-c2ccc(/C(C=N)=C/C)cc2C=C)n1C. The highest BCUT2D eigenvalue weighted by molar-refractivity contribution is 6.08. The molecule has 0 atom stereocenters. The molecule has 0 bridgehead atoms. The zero-order valence-electron chi connectivity index (χ0n) is 18.4. The van der Waals surface area contributed by atoms with Crippen molar-refractivity contribution in [2.45, 2.75) is 20.8 Å². The lowest BCUT2D eigenvalue weighted by atomic mass is 9.95. The molecule has 0 aliphatic heterocycles. The number of rotatable bonds is 8. The van der Waals surface area contributed by atoms with Crippen LogP contribution in [0.3, 0.4) is 0 Å². The Morgan fingerprint density at radius 1 is 1.07 bits per heavy atom. The van der Waals surface area contributed by atoms with Gasteiger partial charge in [0.25, 0.3) is 0 Å². The predicted molar refractivity (Wildman–Crippen MR) is 133 cm³/mol. The minimum absolute atomic E-state index is 0.839. The fourth-order valence-electron chi connectivity index (χ4n) is 3.73. The summed E-state index contributed by atoms with van der Waals surface area (Å²) in [6.45, 7) is 18.0. The first-order valence-electron chi connectivity index (χ1n) is 9.87. The molecule has 2 rings (SSSR count). The Hall–Kier alpha value is -3.59. The second-order valence-corrected chi connectivity index (χ2v) is 7.07.